The highest BCUT2D eigenvalue weighted by Gasteiger charge is 2.22. The van der Waals surface area contributed by atoms with Crippen LogP contribution in [-0.2, 0) is 10.0 Å². The molecule has 3 rings (SSSR count). The van der Waals surface area contributed by atoms with Gasteiger partial charge < -0.3 is 5.32 Å². The molecule has 156 valence electrons. The van der Waals surface area contributed by atoms with Gasteiger partial charge in [-0.15, -0.1) is 0 Å². The number of amides is 1. The highest BCUT2D eigenvalue weighted by Crippen LogP contribution is 2.24. The Morgan fingerprint density at radius 2 is 1.60 bits per heavy atom. The molecule has 0 aliphatic heterocycles. The van der Waals surface area contributed by atoms with E-state index in [1.165, 1.54) is 11.4 Å². The molecule has 0 bridgehead atoms. The van der Waals surface area contributed by atoms with Gasteiger partial charge in [-0.05, 0) is 62.2 Å². The summed E-state index contributed by atoms with van der Waals surface area (Å²) in [6.07, 6.45) is 0. The Bertz CT molecular complexity index is 1160. The van der Waals surface area contributed by atoms with E-state index in [0.29, 0.717) is 11.3 Å². The quantitative estimate of drug-likeness (QED) is 0.630. The smallest absolute Gasteiger partial charge is 0.264 e. The minimum Gasteiger partial charge on any atom is -0.346 e. The molecule has 0 spiro atoms. The maximum Gasteiger partial charge on any atom is 0.264 e. The number of aryl methyl sites for hydroxylation is 2. The summed E-state index contributed by atoms with van der Waals surface area (Å²) in [5, 5.41) is 2.99. The van der Waals surface area contributed by atoms with Crippen molar-refractivity contribution in [2.24, 2.45) is 0 Å². The van der Waals surface area contributed by atoms with Crippen LogP contribution in [0.4, 0.5) is 5.69 Å². The fourth-order valence-corrected chi connectivity index (χ4v) is 4.47. The molecule has 1 N–H and O–H groups in total. The van der Waals surface area contributed by atoms with Crippen LogP contribution in [0.3, 0.4) is 0 Å². The number of sulfonamides is 1. The summed E-state index contributed by atoms with van der Waals surface area (Å²) in [5.41, 5.74) is 3.95. The van der Waals surface area contributed by atoms with E-state index in [9.17, 15) is 13.2 Å². The van der Waals surface area contributed by atoms with Crippen LogP contribution in [0.1, 0.15) is 40.0 Å². The van der Waals surface area contributed by atoms with Crippen molar-refractivity contribution in [2.75, 3.05) is 11.4 Å². The first-order valence-electron chi connectivity index (χ1n) is 9.72. The highest BCUT2D eigenvalue weighted by molar-refractivity contribution is 7.92. The van der Waals surface area contributed by atoms with Crippen molar-refractivity contribution < 1.29 is 13.2 Å². The van der Waals surface area contributed by atoms with Gasteiger partial charge in [0.2, 0.25) is 0 Å². The van der Waals surface area contributed by atoms with Crippen LogP contribution in [0, 0.1) is 13.8 Å². The molecule has 0 aromatic heterocycles. The van der Waals surface area contributed by atoms with Crippen molar-refractivity contribution in [3.63, 3.8) is 0 Å². The second-order valence-corrected chi connectivity index (χ2v) is 9.36. The number of carbonyl (C=O) groups is 1. The van der Waals surface area contributed by atoms with Gasteiger partial charge in [0, 0.05) is 12.6 Å². The normalized spacial score (nSPS) is 12.3. The molecule has 1 amide bonds. The molecule has 0 heterocycles. The standard InChI is InChI=1S/C24H26N2O3S/c1-17-12-14-22(15-13-17)30(28,29)26(4)21-10-7-9-20(16-21)24(27)25-19(3)23-11-6-5-8-18(23)2/h5-16,19H,1-4H3,(H,25,27)/t19-/m1/s1. The van der Waals surface area contributed by atoms with Crippen molar-refractivity contribution in [1.29, 1.82) is 0 Å². The zero-order valence-corrected chi connectivity index (χ0v) is 18.4. The van der Waals surface area contributed by atoms with Gasteiger partial charge in [-0.25, -0.2) is 8.42 Å². The lowest BCUT2D eigenvalue weighted by Gasteiger charge is -2.21. The molecule has 6 heteroatoms. The summed E-state index contributed by atoms with van der Waals surface area (Å²) in [7, 11) is -2.23. The van der Waals surface area contributed by atoms with E-state index in [4.69, 9.17) is 0 Å². The zero-order valence-electron chi connectivity index (χ0n) is 17.6. The van der Waals surface area contributed by atoms with Gasteiger partial charge in [0.15, 0.2) is 0 Å². The average molecular weight is 423 g/mol. The van der Waals surface area contributed by atoms with Crippen molar-refractivity contribution in [2.45, 2.75) is 31.7 Å². The summed E-state index contributed by atoms with van der Waals surface area (Å²) in [4.78, 5) is 13.0. The van der Waals surface area contributed by atoms with Crippen LogP contribution in [0.15, 0.2) is 77.7 Å². The third kappa shape index (κ3) is 4.54. The third-order valence-electron chi connectivity index (χ3n) is 5.15. The van der Waals surface area contributed by atoms with Gasteiger partial charge in [-0.2, -0.15) is 0 Å². The van der Waals surface area contributed by atoms with Crippen molar-refractivity contribution in [3.8, 4) is 0 Å². The molecule has 0 saturated heterocycles. The minimum absolute atomic E-state index is 0.170. The molecule has 0 radical (unpaired) electrons. The van der Waals surface area contributed by atoms with Gasteiger partial charge in [0.05, 0.1) is 16.6 Å². The van der Waals surface area contributed by atoms with Gasteiger partial charge in [0.25, 0.3) is 15.9 Å². The molecule has 0 aliphatic carbocycles. The molecule has 30 heavy (non-hydrogen) atoms. The Balaban J connectivity index is 1.82. The van der Waals surface area contributed by atoms with Gasteiger partial charge >= 0.3 is 0 Å². The van der Waals surface area contributed by atoms with Crippen LogP contribution in [0.5, 0.6) is 0 Å². The summed E-state index contributed by atoms with van der Waals surface area (Å²) in [5.74, 6) is -0.256. The molecule has 0 aliphatic rings. The van der Waals surface area contributed by atoms with E-state index in [0.717, 1.165) is 16.7 Å². The lowest BCUT2D eigenvalue weighted by atomic mass is 10.0. The van der Waals surface area contributed by atoms with E-state index in [2.05, 4.69) is 5.32 Å². The number of hydrogen-bond donors (Lipinski definition) is 1. The second-order valence-electron chi connectivity index (χ2n) is 7.39. The SMILES string of the molecule is Cc1ccc(S(=O)(=O)N(C)c2cccc(C(=O)N[C@H](C)c3ccccc3C)c2)cc1. The summed E-state index contributed by atoms with van der Waals surface area (Å²) < 4.78 is 27.1. The number of benzene rings is 3. The molecule has 3 aromatic rings. The first kappa shape index (κ1) is 21.6. The van der Waals surface area contributed by atoms with Crippen LogP contribution in [0.25, 0.3) is 0 Å². The Morgan fingerprint density at radius 3 is 2.27 bits per heavy atom. The highest BCUT2D eigenvalue weighted by atomic mass is 32.2. The lowest BCUT2D eigenvalue weighted by molar-refractivity contribution is 0.0940. The molecule has 1 atom stereocenters. The third-order valence-corrected chi connectivity index (χ3v) is 6.95. The molecule has 5 nitrogen and oxygen atoms in total. The fraction of sp³-hybridized carbons (Fsp3) is 0.208. The first-order chi connectivity index (χ1) is 14.2. The lowest BCUT2D eigenvalue weighted by Crippen LogP contribution is -2.29. The number of anilines is 1. The molecule has 0 fully saturated rings. The maximum absolute atomic E-state index is 13.0. The number of nitrogens with one attached hydrogen (secondary N) is 1. The van der Waals surface area contributed by atoms with Crippen molar-refractivity contribution >= 4 is 21.6 Å². The van der Waals surface area contributed by atoms with Gasteiger partial charge in [0.1, 0.15) is 0 Å². The topological polar surface area (TPSA) is 66.5 Å². The second kappa shape index (κ2) is 8.71. The Kier molecular flexibility index (Phi) is 6.27. The average Bonchev–Trinajstić information content (AvgIpc) is 2.73. The van der Waals surface area contributed by atoms with Gasteiger partial charge in [-0.1, -0.05) is 48.0 Å². The van der Waals surface area contributed by atoms with E-state index < -0.39 is 10.0 Å². The van der Waals surface area contributed by atoms with Crippen molar-refractivity contribution in [3.05, 3.63) is 95.1 Å². The summed E-state index contributed by atoms with van der Waals surface area (Å²) in [6, 6.07) is 21.0. The zero-order chi connectivity index (χ0) is 21.9. The van der Waals surface area contributed by atoms with Crippen LogP contribution < -0.4 is 9.62 Å². The van der Waals surface area contributed by atoms with Crippen LogP contribution >= 0.6 is 0 Å². The van der Waals surface area contributed by atoms with Crippen LogP contribution in [-0.4, -0.2) is 21.4 Å². The van der Waals surface area contributed by atoms with E-state index >= 15 is 0 Å². The predicted molar refractivity (Wildman–Crippen MR) is 120 cm³/mol. The van der Waals surface area contributed by atoms with E-state index in [-0.39, 0.29) is 16.8 Å². The number of rotatable bonds is 6. The molecular weight excluding hydrogens is 396 g/mol. The summed E-state index contributed by atoms with van der Waals surface area (Å²) in [6.45, 7) is 5.84. The first-order valence-corrected chi connectivity index (χ1v) is 11.2. The fourth-order valence-electron chi connectivity index (χ4n) is 3.28. The molecular formula is C24H26N2O3S. The predicted octanol–water partition coefficient (Wildman–Crippen LogP) is 4.62. The Morgan fingerprint density at radius 1 is 0.933 bits per heavy atom. The van der Waals surface area contributed by atoms with E-state index in [1.54, 1.807) is 48.5 Å². The van der Waals surface area contributed by atoms with Crippen molar-refractivity contribution in [1.82, 2.24) is 5.32 Å². The number of nitrogens with zero attached hydrogens (tertiary/aromatic N) is 1. The number of carbonyl (C=O) groups excluding carboxylic acids is 1. The maximum atomic E-state index is 13.0. The molecule has 0 saturated carbocycles. The molecule has 0 unspecified atom stereocenters. The van der Waals surface area contributed by atoms with Gasteiger partial charge in [-0.3, -0.25) is 9.10 Å². The molecule has 3 aromatic carbocycles. The largest absolute Gasteiger partial charge is 0.346 e. The monoisotopic (exact) mass is 422 g/mol. The number of hydrogen-bond acceptors (Lipinski definition) is 3. The Hall–Kier alpha value is -3.12. The summed E-state index contributed by atoms with van der Waals surface area (Å²) >= 11 is 0. The Labute approximate surface area is 178 Å². The minimum atomic E-state index is -3.72. The van der Waals surface area contributed by atoms with E-state index in [1.807, 2.05) is 45.0 Å². The van der Waals surface area contributed by atoms with Crippen LogP contribution in [0.2, 0.25) is 0 Å².